The van der Waals surface area contributed by atoms with Crippen molar-refractivity contribution < 1.29 is 4.79 Å². The van der Waals surface area contributed by atoms with Crippen LogP contribution in [0.4, 0.5) is 0 Å². The summed E-state index contributed by atoms with van der Waals surface area (Å²) in [5.74, 6) is -0.181. The summed E-state index contributed by atoms with van der Waals surface area (Å²) in [5, 5.41) is 7.27. The number of aryl methyl sites for hydroxylation is 1. The minimum atomic E-state index is -0.181. The van der Waals surface area contributed by atoms with Crippen LogP contribution in [0.1, 0.15) is 41.5 Å². The largest absolute Gasteiger partial charge is 0.347 e. The fraction of sp³-hybridized carbons (Fsp3) is 0.250. The van der Waals surface area contributed by atoms with E-state index in [0.29, 0.717) is 18.3 Å². The van der Waals surface area contributed by atoms with Crippen LogP contribution in [0.25, 0.3) is 11.1 Å². The summed E-state index contributed by atoms with van der Waals surface area (Å²) in [7, 11) is 0. The van der Waals surface area contributed by atoms with E-state index in [1.54, 1.807) is 12.3 Å². The van der Waals surface area contributed by atoms with Crippen LogP contribution in [0.3, 0.4) is 0 Å². The maximum absolute atomic E-state index is 12.4. The number of pyridine rings is 1. The second-order valence-electron chi connectivity index (χ2n) is 6.40. The monoisotopic (exact) mass is 334 g/mol. The van der Waals surface area contributed by atoms with Gasteiger partial charge in [0, 0.05) is 30.5 Å². The Morgan fingerprint density at radius 2 is 2.04 bits per heavy atom. The van der Waals surface area contributed by atoms with Crippen molar-refractivity contribution in [1.29, 1.82) is 0 Å². The first-order valence-electron chi connectivity index (χ1n) is 8.37. The third-order valence-electron chi connectivity index (χ3n) is 3.99. The van der Waals surface area contributed by atoms with Crippen molar-refractivity contribution in [2.75, 3.05) is 0 Å². The van der Waals surface area contributed by atoms with Gasteiger partial charge in [-0.05, 0) is 44.0 Å². The molecule has 25 heavy (non-hydrogen) atoms. The predicted octanol–water partition coefficient (Wildman–Crippen LogP) is 3.76. The van der Waals surface area contributed by atoms with Crippen molar-refractivity contribution in [1.82, 2.24) is 20.1 Å². The highest BCUT2D eigenvalue weighted by Crippen LogP contribution is 2.20. The van der Waals surface area contributed by atoms with Crippen molar-refractivity contribution in [2.24, 2.45) is 0 Å². The van der Waals surface area contributed by atoms with Crippen LogP contribution in [0.2, 0.25) is 0 Å². The first-order valence-corrected chi connectivity index (χ1v) is 8.37. The van der Waals surface area contributed by atoms with Crippen molar-refractivity contribution in [3.8, 4) is 11.1 Å². The number of hydrogen-bond donors (Lipinski definition) is 1. The number of amides is 1. The summed E-state index contributed by atoms with van der Waals surface area (Å²) in [6.45, 7) is 6.67. The van der Waals surface area contributed by atoms with Crippen LogP contribution in [0.5, 0.6) is 0 Å². The lowest BCUT2D eigenvalue weighted by Crippen LogP contribution is -2.23. The fourth-order valence-electron chi connectivity index (χ4n) is 2.60. The predicted molar refractivity (Wildman–Crippen MR) is 98.2 cm³/mol. The molecule has 128 valence electrons. The molecule has 3 aromatic rings. The van der Waals surface area contributed by atoms with E-state index in [1.165, 1.54) is 5.56 Å². The molecule has 0 fully saturated rings. The smallest absolute Gasteiger partial charge is 0.270 e. The van der Waals surface area contributed by atoms with E-state index in [1.807, 2.05) is 48.3 Å². The Kier molecular flexibility index (Phi) is 4.93. The third kappa shape index (κ3) is 4.12. The van der Waals surface area contributed by atoms with Gasteiger partial charge in [-0.2, -0.15) is 5.10 Å². The number of carbonyl (C=O) groups is 1. The number of benzene rings is 1. The Labute approximate surface area is 147 Å². The molecule has 0 bridgehead atoms. The van der Waals surface area contributed by atoms with Gasteiger partial charge in [0.05, 0.1) is 6.20 Å². The van der Waals surface area contributed by atoms with Crippen LogP contribution in [-0.2, 0) is 6.54 Å². The number of rotatable bonds is 5. The Bertz CT molecular complexity index is 883. The molecular formula is C20H22N4O. The molecule has 0 radical (unpaired) electrons. The SMILES string of the molecule is Cc1cccc(CNC(=O)c2cc(-c3cnn(C(C)C)c3)ccn2)c1. The van der Waals surface area contributed by atoms with Crippen LogP contribution in [0, 0.1) is 6.92 Å². The quantitative estimate of drug-likeness (QED) is 0.773. The van der Waals surface area contributed by atoms with Crippen molar-refractivity contribution >= 4 is 5.91 Å². The van der Waals surface area contributed by atoms with Gasteiger partial charge in [0.2, 0.25) is 0 Å². The van der Waals surface area contributed by atoms with E-state index in [4.69, 9.17) is 0 Å². The van der Waals surface area contributed by atoms with Crippen molar-refractivity contribution in [3.63, 3.8) is 0 Å². The summed E-state index contributed by atoms with van der Waals surface area (Å²) < 4.78 is 1.90. The molecule has 1 N–H and O–H groups in total. The molecule has 2 heterocycles. The second-order valence-corrected chi connectivity index (χ2v) is 6.40. The maximum atomic E-state index is 12.4. The number of hydrogen-bond acceptors (Lipinski definition) is 3. The number of nitrogens with zero attached hydrogens (tertiary/aromatic N) is 3. The van der Waals surface area contributed by atoms with Crippen LogP contribution in [-0.4, -0.2) is 20.7 Å². The van der Waals surface area contributed by atoms with E-state index >= 15 is 0 Å². The average molecular weight is 334 g/mol. The lowest BCUT2D eigenvalue weighted by atomic mass is 10.1. The minimum absolute atomic E-state index is 0.181. The first kappa shape index (κ1) is 16.9. The lowest BCUT2D eigenvalue weighted by Gasteiger charge is -2.07. The molecule has 0 saturated carbocycles. The molecule has 0 aliphatic heterocycles. The zero-order valence-corrected chi connectivity index (χ0v) is 14.7. The Morgan fingerprint density at radius 3 is 2.76 bits per heavy atom. The molecule has 0 atom stereocenters. The van der Waals surface area contributed by atoms with Gasteiger partial charge in [-0.3, -0.25) is 14.5 Å². The molecular weight excluding hydrogens is 312 g/mol. The Morgan fingerprint density at radius 1 is 1.20 bits per heavy atom. The number of nitrogens with one attached hydrogen (secondary N) is 1. The van der Waals surface area contributed by atoms with Gasteiger partial charge in [-0.15, -0.1) is 0 Å². The van der Waals surface area contributed by atoms with Crippen LogP contribution < -0.4 is 5.32 Å². The van der Waals surface area contributed by atoms with Gasteiger partial charge in [-0.25, -0.2) is 0 Å². The zero-order valence-electron chi connectivity index (χ0n) is 14.7. The Hall–Kier alpha value is -2.95. The van der Waals surface area contributed by atoms with Crippen LogP contribution in [0.15, 0.2) is 55.0 Å². The molecule has 1 aromatic carbocycles. The lowest BCUT2D eigenvalue weighted by molar-refractivity contribution is 0.0946. The van der Waals surface area contributed by atoms with E-state index in [2.05, 4.69) is 35.3 Å². The summed E-state index contributed by atoms with van der Waals surface area (Å²) in [6, 6.07) is 12.1. The number of carbonyl (C=O) groups excluding carboxylic acids is 1. The molecule has 2 aromatic heterocycles. The van der Waals surface area contributed by atoms with E-state index in [9.17, 15) is 4.79 Å². The summed E-state index contributed by atoms with van der Waals surface area (Å²) in [5.41, 5.74) is 4.56. The van der Waals surface area contributed by atoms with E-state index < -0.39 is 0 Å². The second kappa shape index (κ2) is 7.30. The molecule has 0 spiro atoms. The topological polar surface area (TPSA) is 59.8 Å². The van der Waals surface area contributed by atoms with Gasteiger partial charge < -0.3 is 5.32 Å². The highest BCUT2D eigenvalue weighted by atomic mass is 16.1. The highest BCUT2D eigenvalue weighted by Gasteiger charge is 2.10. The van der Waals surface area contributed by atoms with Crippen molar-refractivity contribution in [2.45, 2.75) is 33.4 Å². The molecule has 3 rings (SSSR count). The fourth-order valence-corrected chi connectivity index (χ4v) is 2.60. The zero-order chi connectivity index (χ0) is 17.8. The number of aromatic nitrogens is 3. The molecule has 0 aliphatic carbocycles. The standard InChI is InChI=1S/C20H22N4O/c1-14(2)24-13-18(12-23-24)17-7-8-21-19(10-17)20(25)22-11-16-6-4-5-15(3)9-16/h4-10,12-14H,11H2,1-3H3,(H,22,25). The summed E-state index contributed by atoms with van der Waals surface area (Å²) >= 11 is 0. The van der Waals surface area contributed by atoms with E-state index in [-0.39, 0.29) is 5.91 Å². The normalized spacial score (nSPS) is 10.9. The molecule has 1 amide bonds. The summed E-state index contributed by atoms with van der Waals surface area (Å²) in [4.78, 5) is 16.6. The van der Waals surface area contributed by atoms with Gasteiger partial charge in [0.15, 0.2) is 0 Å². The molecule has 0 aliphatic rings. The van der Waals surface area contributed by atoms with Crippen molar-refractivity contribution in [3.05, 3.63) is 71.8 Å². The van der Waals surface area contributed by atoms with Gasteiger partial charge >= 0.3 is 0 Å². The van der Waals surface area contributed by atoms with Gasteiger partial charge in [0.25, 0.3) is 5.91 Å². The summed E-state index contributed by atoms with van der Waals surface area (Å²) in [6.07, 6.45) is 5.45. The molecule has 0 unspecified atom stereocenters. The Balaban J connectivity index is 1.72. The molecule has 0 saturated heterocycles. The molecule has 5 heteroatoms. The maximum Gasteiger partial charge on any atom is 0.270 e. The van der Waals surface area contributed by atoms with Gasteiger partial charge in [0.1, 0.15) is 5.69 Å². The third-order valence-corrected chi connectivity index (χ3v) is 3.99. The van der Waals surface area contributed by atoms with E-state index in [0.717, 1.165) is 16.7 Å². The average Bonchev–Trinajstić information content (AvgIpc) is 3.10. The highest BCUT2D eigenvalue weighted by molar-refractivity contribution is 5.93. The first-order chi connectivity index (χ1) is 12.0. The molecule has 5 nitrogen and oxygen atoms in total. The van der Waals surface area contributed by atoms with Gasteiger partial charge in [-0.1, -0.05) is 29.8 Å². The van der Waals surface area contributed by atoms with Crippen LogP contribution >= 0.6 is 0 Å². The minimum Gasteiger partial charge on any atom is -0.347 e.